The maximum absolute atomic E-state index is 6.18. The van der Waals surface area contributed by atoms with Crippen molar-refractivity contribution in [3.05, 3.63) is 82.8 Å². The third-order valence-electron chi connectivity index (χ3n) is 3.78. The van der Waals surface area contributed by atoms with Crippen molar-refractivity contribution in [1.82, 2.24) is 0 Å². The molecule has 0 aliphatic rings. The Morgan fingerprint density at radius 3 is 2.24 bits per heavy atom. The van der Waals surface area contributed by atoms with Crippen molar-refractivity contribution in [3.8, 4) is 0 Å². The first-order valence-corrected chi connectivity index (χ1v) is 8.51. The highest BCUT2D eigenvalue weighted by Gasteiger charge is 2.15. The van der Waals surface area contributed by atoms with Crippen molar-refractivity contribution in [2.75, 3.05) is 10.6 Å². The van der Waals surface area contributed by atoms with Crippen molar-refractivity contribution >= 4 is 57.1 Å². The molecule has 0 bridgehead atoms. The number of anilines is 4. The zero-order valence-electron chi connectivity index (χ0n) is 13.1. The topological polar surface area (TPSA) is 37.2 Å². The Labute approximate surface area is 155 Å². The maximum atomic E-state index is 6.18. The van der Waals surface area contributed by atoms with E-state index in [1.165, 1.54) is 0 Å². The summed E-state index contributed by atoms with van der Waals surface area (Å²) in [6.45, 7) is 0. The van der Waals surface area contributed by atoms with Gasteiger partial charge in [0, 0.05) is 26.8 Å². The number of nitrogens with one attached hydrogen (secondary N) is 2. The van der Waals surface area contributed by atoms with Crippen LogP contribution in [0.25, 0.3) is 11.0 Å². The highest BCUT2D eigenvalue weighted by molar-refractivity contribution is 6.31. The quantitative estimate of drug-likeness (QED) is 0.398. The van der Waals surface area contributed by atoms with E-state index in [9.17, 15) is 0 Å². The lowest BCUT2D eigenvalue weighted by atomic mass is 10.2. The summed E-state index contributed by atoms with van der Waals surface area (Å²) < 4.78 is 5.99. The fourth-order valence-corrected chi connectivity index (χ4v) is 3.01. The molecule has 4 aromatic rings. The molecule has 0 saturated heterocycles. The van der Waals surface area contributed by atoms with Gasteiger partial charge in [-0.2, -0.15) is 0 Å². The molecule has 25 heavy (non-hydrogen) atoms. The average molecular weight is 369 g/mol. The van der Waals surface area contributed by atoms with Gasteiger partial charge in [-0.3, -0.25) is 0 Å². The molecule has 3 nitrogen and oxygen atoms in total. The Hall–Kier alpha value is -2.62. The number of hydrogen-bond donors (Lipinski definition) is 2. The lowest BCUT2D eigenvalue weighted by Gasteiger charge is -2.09. The Morgan fingerprint density at radius 1 is 0.680 bits per heavy atom. The molecule has 0 aliphatic heterocycles. The van der Waals surface area contributed by atoms with Crippen molar-refractivity contribution in [2.24, 2.45) is 0 Å². The molecule has 0 aliphatic carbocycles. The van der Waals surface area contributed by atoms with Crippen molar-refractivity contribution in [1.29, 1.82) is 0 Å². The molecule has 1 heterocycles. The second-order valence-electron chi connectivity index (χ2n) is 5.57. The van der Waals surface area contributed by atoms with Crippen LogP contribution in [0.2, 0.25) is 10.0 Å². The summed E-state index contributed by atoms with van der Waals surface area (Å²) in [6, 6.07) is 22.9. The molecule has 0 radical (unpaired) electrons. The number of fused-ring (bicyclic) bond motifs is 1. The summed E-state index contributed by atoms with van der Waals surface area (Å²) in [5.74, 6) is 0.600. The van der Waals surface area contributed by atoms with Crippen LogP contribution in [0.15, 0.2) is 77.2 Å². The standard InChI is InChI=1S/C20H14Cl2N2O/c21-13-5-4-8-16(11-13)24-20-19(23-15-6-2-1-3-7-15)17-12-14(22)9-10-18(17)25-20/h1-12,23-24H. The van der Waals surface area contributed by atoms with Gasteiger partial charge in [0.2, 0.25) is 5.88 Å². The minimum atomic E-state index is 0.600. The van der Waals surface area contributed by atoms with Gasteiger partial charge in [-0.05, 0) is 48.5 Å². The molecule has 2 N–H and O–H groups in total. The molecule has 1 aromatic heterocycles. The van der Waals surface area contributed by atoms with E-state index in [1.54, 1.807) is 0 Å². The monoisotopic (exact) mass is 368 g/mol. The number of para-hydroxylation sites is 1. The largest absolute Gasteiger partial charge is 0.438 e. The molecule has 0 spiro atoms. The minimum Gasteiger partial charge on any atom is -0.438 e. The summed E-state index contributed by atoms with van der Waals surface area (Å²) in [4.78, 5) is 0. The fourth-order valence-electron chi connectivity index (χ4n) is 2.65. The fraction of sp³-hybridized carbons (Fsp3) is 0. The summed E-state index contributed by atoms with van der Waals surface area (Å²) in [5, 5.41) is 8.91. The molecule has 0 saturated carbocycles. The number of furan rings is 1. The zero-order chi connectivity index (χ0) is 17.2. The summed E-state index contributed by atoms with van der Waals surface area (Å²) in [6.07, 6.45) is 0. The summed E-state index contributed by atoms with van der Waals surface area (Å²) >= 11 is 12.3. The van der Waals surface area contributed by atoms with Crippen LogP contribution in [0, 0.1) is 0 Å². The lowest BCUT2D eigenvalue weighted by Crippen LogP contribution is -1.95. The van der Waals surface area contributed by atoms with Crippen molar-refractivity contribution < 1.29 is 4.42 Å². The van der Waals surface area contributed by atoms with E-state index < -0.39 is 0 Å². The SMILES string of the molecule is Clc1cccc(Nc2oc3ccc(Cl)cc3c2Nc2ccccc2)c1. The van der Waals surface area contributed by atoms with E-state index in [4.69, 9.17) is 27.6 Å². The van der Waals surface area contributed by atoms with Crippen molar-refractivity contribution in [2.45, 2.75) is 0 Å². The molecular formula is C20H14Cl2N2O. The van der Waals surface area contributed by atoms with E-state index in [0.29, 0.717) is 15.9 Å². The van der Waals surface area contributed by atoms with Gasteiger partial charge in [-0.1, -0.05) is 47.5 Å². The molecule has 5 heteroatoms. The predicted octanol–water partition coefficient (Wildman–Crippen LogP) is 7.23. The first-order chi connectivity index (χ1) is 12.2. The molecule has 124 valence electrons. The van der Waals surface area contributed by atoms with E-state index in [-0.39, 0.29) is 0 Å². The molecule has 0 unspecified atom stereocenters. The highest BCUT2D eigenvalue weighted by atomic mass is 35.5. The van der Waals surface area contributed by atoms with E-state index in [0.717, 1.165) is 28.0 Å². The Balaban J connectivity index is 1.80. The van der Waals surface area contributed by atoms with Gasteiger partial charge in [0.05, 0.1) is 0 Å². The van der Waals surface area contributed by atoms with E-state index in [2.05, 4.69) is 10.6 Å². The van der Waals surface area contributed by atoms with Gasteiger partial charge in [-0.15, -0.1) is 0 Å². The van der Waals surface area contributed by atoms with Gasteiger partial charge in [-0.25, -0.2) is 0 Å². The third kappa shape index (κ3) is 3.43. The molecule has 4 rings (SSSR count). The Bertz CT molecular complexity index is 1030. The second-order valence-corrected chi connectivity index (χ2v) is 6.45. The Morgan fingerprint density at radius 2 is 1.44 bits per heavy atom. The summed E-state index contributed by atoms with van der Waals surface area (Å²) in [7, 11) is 0. The van der Waals surface area contributed by atoms with Gasteiger partial charge in [0.1, 0.15) is 11.3 Å². The van der Waals surface area contributed by atoms with Gasteiger partial charge < -0.3 is 15.1 Å². The van der Waals surface area contributed by atoms with Crippen LogP contribution >= 0.6 is 23.2 Å². The molecular weight excluding hydrogens is 355 g/mol. The predicted molar refractivity (Wildman–Crippen MR) is 106 cm³/mol. The second kappa shape index (κ2) is 6.71. The first-order valence-electron chi connectivity index (χ1n) is 7.76. The van der Waals surface area contributed by atoms with Crippen LogP contribution in [0.5, 0.6) is 0 Å². The number of rotatable bonds is 4. The number of hydrogen-bond acceptors (Lipinski definition) is 3. The average Bonchev–Trinajstić information content (AvgIpc) is 2.93. The molecule has 0 amide bonds. The Kier molecular flexibility index (Phi) is 4.26. The lowest BCUT2D eigenvalue weighted by molar-refractivity contribution is 0.635. The maximum Gasteiger partial charge on any atom is 0.222 e. The normalized spacial score (nSPS) is 10.8. The minimum absolute atomic E-state index is 0.600. The first kappa shape index (κ1) is 15.9. The third-order valence-corrected chi connectivity index (χ3v) is 4.25. The number of halogens is 2. The van der Waals surface area contributed by atoms with E-state index >= 15 is 0 Å². The van der Waals surface area contributed by atoms with Gasteiger partial charge in [0.25, 0.3) is 0 Å². The van der Waals surface area contributed by atoms with Crippen LogP contribution in [0.1, 0.15) is 0 Å². The van der Waals surface area contributed by atoms with Gasteiger partial charge in [0.15, 0.2) is 0 Å². The zero-order valence-corrected chi connectivity index (χ0v) is 14.6. The van der Waals surface area contributed by atoms with Crippen LogP contribution in [0.3, 0.4) is 0 Å². The highest BCUT2D eigenvalue weighted by Crippen LogP contribution is 2.39. The summed E-state index contributed by atoms with van der Waals surface area (Å²) in [5.41, 5.74) is 3.36. The van der Waals surface area contributed by atoms with Crippen LogP contribution < -0.4 is 10.6 Å². The van der Waals surface area contributed by atoms with Crippen molar-refractivity contribution in [3.63, 3.8) is 0 Å². The van der Waals surface area contributed by atoms with Crippen LogP contribution in [0.4, 0.5) is 22.9 Å². The van der Waals surface area contributed by atoms with Gasteiger partial charge >= 0.3 is 0 Å². The van der Waals surface area contributed by atoms with Crippen LogP contribution in [-0.2, 0) is 0 Å². The number of benzene rings is 3. The molecule has 3 aromatic carbocycles. The van der Waals surface area contributed by atoms with Crippen LogP contribution in [-0.4, -0.2) is 0 Å². The smallest absolute Gasteiger partial charge is 0.222 e. The van der Waals surface area contributed by atoms with E-state index in [1.807, 2.05) is 72.8 Å². The molecule has 0 atom stereocenters. The molecule has 0 fully saturated rings.